The highest BCUT2D eigenvalue weighted by atomic mass is 35.5. The molecule has 1 fully saturated rings. The van der Waals surface area contributed by atoms with Crippen molar-refractivity contribution in [2.24, 2.45) is 0 Å². The highest BCUT2D eigenvalue weighted by Crippen LogP contribution is 2.26. The van der Waals surface area contributed by atoms with E-state index >= 15 is 0 Å². The molecule has 24 heavy (non-hydrogen) atoms. The molecule has 0 radical (unpaired) electrons. The molecule has 2 rings (SSSR count). The van der Waals surface area contributed by atoms with Crippen LogP contribution in [0.1, 0.15) is 26.2 Å². The number of carbonyl (C=O) groups is 1. The van der Waals surface area contributed by atoms with Crippen LogP contribution in [-0.4, -0.2) is 51.0 Å². The lowest BCUT2D eigenvalue weighted by atomic mass is 10.2. The van der Waals surface area contributed by atoms with Crippen LogP contribution in [0.2, 0.25) is 5.02 Å². The Labute approximate surface area is 148 Å². The molecule has 0 spiro atoms. The second kappa shape index (κ2) is 8.80. The van der Waals surface area contributed by atoms with E-state index in [1.54, 1.807) is 0 Å². The van der Waals surface area contributed by atoms with Gasteiger partial charge in [-0.1, -0.05) is 11.6 Å². The smallest absolute Gasteiger partial charge is 0.243 e. The Morgan fingerprint density at radius 3 is 2.75 bits per heavy atom. The summed E-state index contributed by atoms with van der Waals surface area (Å²) in [5, 5.41) is 3.27. The van der Waals surface area contributed by atoms with Gasteiger partial charge in [0.05, 0.1) is 4.90 Å². The molecule has 1 aliphatic heterocycles. The van der Waals surface area contributed by atoms with Crippen LogP contribution in [-0.2, 0) is 19.6 Å². The second-order valence-corrected chi connectivity index (χ2v) is 7.90. The van der Waals surface area contributed by atoms with Crippen molar-refractivity contribution in [1.29, 1.82) is 0 Å². The first-order valence-electron chi connectivity index (χ1n) is 8.09. The average Bonchev–Trinajstić information content (AvgIpc) is 3.05. The van der Waals surface area contributed by atoms with E-state index in [2.05, 4.69) is 5.32 Å². The van der Waals surface area contributed by atoms with E-state index in [0.29, 0.717) is 50.6 Å². The summed E-state index contributed by atoms with van der Waals surface area (Å²) in [7, 11) is -3.70. The van der Waals surface area contributed by atoms with Crippen LogP contribution in [0.15, 0.2) is 29.2 Å². The van der Waals surface area contributed by atoms with Gasteiger partial charge in [-0.2, -0.15) is 4.31 Å². The number of carbonyl (C=O) groups excluding carboxylic acids is 1. The third-order valence-electron chi connectivity index (χ3n) is 3.90. The molecule has 1 N–H and O–H groups in total. The number of rotatable bonds is 8. The summed E-state index contributed by atoms with van der Waals surface area (Å²) in [6.45, 7) is 3.96. The SMILES string of the molecule is CCOCCCNC(=O)[C@@H]1CCCN1S(=O)(=O)c1ccc(Cl)cc1. The predicted molar refractivity (Wildman–Crippen MR) is 92.5 cm³/mol. The lowest BCUT2D eigenvalue weighted by molar-refractivity contribution is -0.124. The number of hydrogen-bond acceptors (Lipinski definition) is 4. The van der Waals surface area contributed by atoms with Gasteiger partial charge in [0.15, 0.2) is 0 Å². The highest BCUT2D eigenvalue weighted by Gasteiger charge is 2.39. The molecule has 1 heterocycles. The highest BCUT2D eigenvalue weighted by molar-refractivity contribution is 7.89. The van der Waals surface area contributed by atoms with Crippen LogP contribution in [0.5, 0.6) is 0 Å². The summed E-state index contributed by atoms with van der Waals surface area (Å²) in [5.74, 6) is -0.249. The Hall–Kier alpha value is -1.15. The van der Waals surface area contributed by atoms with Gasteiger partial charge in [0.2, 0.25) is 15.9 Å². The molecule has 0 bridgehead atoms. The largest absolute Gasteiger partial charge is 0.382 e. The van der Waals surface area contributed by atoms with Crippen LogP contribution >= 0.6 is 11.6 Å². The lowest BCUT2D eigenvalue weighted by Crippen LogP contribution is -2.46. The quantitative estimate of drug-likeness (QED) is 0.706. The third kappa shape index (κ3) is 4.69. The van der Waals surface area contributed by atoms with E-state index in [0.717, 1.165) is 0 Å². The van der Waals surface area contributed by atoms with E-state index < -0.39 is 16.1 Å². The van der Waals surface area contributed by atoms with Gasteiger partial charge in [0.1, 0.15) is 6.04 Å². The predicted octanol–water partition coefficient (Wildman–Crippen LogP) is 2.04. The molecule has 6 nitrogen and oxygen atoms in total. The molecule has 134 valence electrons. The summed E-state index contributed by atoms with van der Waals surface area (Å²) in [6, 6.07) is 5.35. The van der Waals surface area contributed by atoms with Crippen LogP contribution in [0.25, 0.3) is 0 Å². The van der Waals surface area contributed by atoms with Crippen LogP contribution in [0.3, 0.4) is 0 Å². The number of nitrogens with one attached hydrogen (secondary N) is 1. The molecule has 8 heteroatoms. The molecule has 1 aromatic carbocycles. The second-order valence-electron chi connectivity index (χ2n) is 5.57. The Balaban J connectivity index is 2.01. The zero-order chi connectivity index (χ0) is 17.6. The summed E-state index contributed by atoms with van der Waals surface area (Å²) in [5.41, 5.74) is 0. The topological polar surface area (TPSA) is 75.7 Å². The molecular formula is C16H23ClN2O4S. The number of halogens is 1. The van der Waals surface area contributed by atoms with Crippen LogP contribution in [0, 0.1) is 0 Å². The molecule has 0 unspecified atom stereocenters. The van der Waals surface area contributed by atoms with Gasteiger partial charge in [-0.15, -0.1) is 0 Å². The van der Waals surface area contributed by atoms with Crippen molar-refractivity contribution >= 4 is 27.5 Å². The molecule has 0 saturated carbocycles. The first-order chi connectivity index (χ1) is 11.5. The van der Waals surface area contributed by atoms with Crippen LogP contribution < -0.4 is 5.32 Å². The van der Waals surface area contributed by atoms with E-state index in [-0.39, 0.29) is 10.8 Å². The monoisotopic (exact) mass is 374 g/mol. The number of sulfonamides is 1. The fourth-order valence-electron chi connectivity index (χ4n) is 2.68. The maximum absolute atomic E-state index is 12.8. The zero-order valence-corrected chi connectivity index (χ0v) is 15.3. The Bertz CT molecular complexity index is 649. The van der Waals surface area contributed by atoms with Crippen molar-refractivity contribution in [3.8, 4) is 0 Å². The molecule has 1 aliphatic rings. The maximum Gasteiger partial charge on any atom is 0.243 e. The van der Waals surface area contributed by atoms with Crippen molar-refractivity contribution in [3.63, 3.8) is 0 Å². The first kappa shape index (κ1) is 19.2. The Morgan fingerprint density at radius 2 is 2.08 bits per heavy atom. The zero-order valence-electron chi connectivity index (χ0n) is 13.7. The molecule has 0 aromatic heterocycles. The summed E-state index contributed by atoms with van der Waals surface area (Å²) < 4.78 is 32.0. The van der Waals surface area contributed by atoms with E-state index in [1.165, 1.54) is 28.6 Å². The van der Waals surface area contributed by atoms with Gasteiger partial charge in [-0.3, -0.25) is 4.79 Å². The number of amides is 1. The summed E-state index contributed by atoms with van der Waals surface area (Å²) in [6.07, 6.45) is 1.91. The molecule has 1 atom stereocenters. The minimum atomic E-state index is -3.70. The minimum Gasteiger partial charge on any atom is -0.382 e. The van der Waals surface area contributed by atoms with Gasteiger partial charge in [-0.05, 0) is 50.5 Å². The fraction of sp³-hybridized carbons (Fsp3) is 0.562. The standard InChI is InChI=1S/C16H23ClN2O4S/c1-2-23-12-4-10-18-16(20)15-5-3-11-19(15)24(21,22)14-8-6-13(17)7-9-14/h6-9,15H,2-5,10-12H2,1H3,(H,18,20)/t15-/m0/s1. The normalized spacial score (nSPS) is 18.7. The van der Waals surface area contributed by atoms with E-state index in [9.17, 15) is 13.2 Å². The van der Waals surface area contributed by atoms with Gasteiger partial charge >= 0.3 is 0 Å². The average molecular weight is 375 g/mol. The van der Waals surface area contributed by atoms with Crippen molar-refractivity contribution < 1.29 is 17.9 Å². The first-order valence-corrected chi connectivity index (χ1v) is 9.91. The van der Waals surface area contributed by atoms with Gasteiger partial charge in [0.25, 0.3) is 0 Å². The van der Waals surface area contributed by atoms with E-state index in [1.807, 2.05) is 6.92 Å². The molecule has 1 saturated heterocycles. The van der Waals surface area contributed by atoms with Crippen molar-refractivity contribution in [1.82, 2.24) is 9.62 Å². The number of hydrogen-bond donors (Lipinski definition) is 1. The maximum atomic E-state index is 12.8. The third-order valence-corrected chi connectivity index (χ3v) is 6.07. The molecule has 1 aromatic rings. The van der Waals surface area contributed by atoms with Gasteiger partial charge in [0, 0.05) is 31.3 Å². The van der Waals surface area contributed by atoms with Crippen molar-refractivity contribution in [3.05, 3.63) is 29.3 Å². The minimum absolute atomic E-state index is 0.156. The number of benzene rings is 1. The molecular weight excluding hydrogens is 352 g/mol. The number of ether oxygens (including phenoxy) is 1. The number of nitrogens with zero attached hydrogens (tertiary/aromatic N) is 1. The Kier molecular flexibility index (Phi) is 7.03. The molecule has 0 aliphatic carbocycles. The fourth-order valence-corrected chi connectivity index (χ4v) is 4.46. The van der Waals surface area contributed by atoms with Gasteiger partial charge < -0.3 is 10.1 Å². The Morgan fingerprint density at radius 1 is 1.38 bits per heavy atom. The van der Waals surface area contributed by atoms with E-state index in [4.69, 9.17) is 16.3 Å². The molecule has 1 amide bonds. The van der Waals surface area contributed by atoms with Gasteiger partial charge in [-0.25, -0.2) is 8.42 Å². The lowest BCUT2D eigenvalue weighted by Gasteiger charge is -2.23. The van der Waals surface area contributed by atoms with Crippen molar-refractivity contribution in [2.45, 2.75) is 37.1 Å². The summed E-state index contributed by atoms with van der Waals surface area (Å²) >= 11 is 5.81. The summed E-state index contributed by atoms with van der Waals surface area (Å²) in [4.78, 5) is 12.5. The van der Waals surface area contributed by atoms with Crippen molar-refractivity contribution in [2.75, 3.05) is 26.3 Å². The van der Waals surface area contributed by atoms with Crippen LogP contribution in [0.4, 0.5) is 0 Å².